The molecule has 1 aromatic carbocycles. The first-order chi connectivity index (χ1) is 9.92. The van der Waals surface area contributed by atoms with E-state index in [-0.39, 0.29) is 0 Å². The highest BCUT2D eigenvalue weighted by molar-refractivity contribution is 8.03. The van der Waals surface area contributed by atoms with Gasteiger partial charge in [-0.2, -0.15) is 23.5 Å². The van der Waals surface area contributed by atoms with Gasteiger partial charge < -0.3 is 9.73 Å². The second-order valence-corrected chi connectivity index (χ2v) is 7.04. The standard InChI is InChI=1S/C15H18N2OS2/c1-2-4-12(5-3-1)15-17-13(9-18-15)8-16-14-10-19-6-7-20-11-14/h1-5,9,14,16H,6-8,10-11H2. The van der Waals surface area contributed by atoms with Gasteiger partial charge in [-0.25, -0.2) is 4.98 Å². The monoisotopic (exact) mass is 306 g/mol. The molecule has 1 aliphatic heterocycles. The summed E-state index contributed by atoms with van der Waals surface area (Å²) in [6.45, 7) is 0.780. The lowest BCUT2D eigenvalue weighted by atomic mass is 10.2. The number of hydrogen-bond donors (Lipinski definition) is 1. The molecule has 0 radical (unpaired) electrons. The van der Waals surface area contributed by atoms with Gasteiger partial charge in [0.15, 0.2) is 0 Å². The number of aromatic nitrogens is 1. The summed E-state index contributed by atoms with van der Waals surface area (Å²) in [5, 5.41) is 3.58. The Morgan fingerprint density at radius 2 is 1.90 bits per heavy atom. The van der Waals surface area contributed by atoms with Gasteiger partial charge in [0.05, 0.1) is 5.69 Å². The van der Waals surface area contributed by atoms with Crippen LogP contribution in [0.15, 0.2) is 41.0 Å². The Morgan fingerprint density at radius 1 is 1.15 bits per heavy atom. The predicted octanol–water partition coefficient (Wildman–Crippen LogP) is 3.28. The van der Waals surface area contributed by atoms with Gasteiger partial charge in [-0.3, -0.25) is 0 Å². The van der Waals surface area contributed by atoms with Gasteiger partial charge in [0, 0.05) is 41.2 Å². The van der Waals surface area contributed by atoms with Crippen molar-refractivity contribution in [1.82, 2.24) is 10.3 Å². The van der Waals surface area contributed by atoms with E-state index in [1.54, 1.807) is 6.26 Å². The van der Waals surface area contributed by atoms with Gasteiger partial charge >= 0.3 is 0 Å². The van der Waals surface area contributed by atoms with Crippen LogP contribution in [0.4, 0.5) is 0 Å². The van der Waals surface area contributed by atoms with E-state index in [2.05, 4.69) is 10.3 Å². The molecule has 20 heavy (non-hydrogen) atoms. The predicted molar refractivity (Wildman–Crippen MR) is 87.2 cm³/mol. The maximum atomic E-state index is 5.55. The highest BCUT2D eigenvalue weighted by Gasteiger charge is 2.13. The van der Waals surface area contributed by atoms with Crippen molar-refractivity contribution in [3.05, 3.63) is 42.3 Å². The summed E-state index contributed by atoms with van der Waals surface area (Å²) < 4.78 is 5.55. The van der Waals surface area contributed by atoms with E-state index in [4.69, 9.17) is 4.42 Å². The summed E-state index contributed by atoms with van der Waals surface area (Å²) >= 11 is 4.07. The largest absolute Gasteiger partial charge is 0.444 e. The summed E-state index contributed by atoms with van der Waals surface area (Å²) in [4.78, 5) is 4.55. The maximum absolute atomic E-state index is 5.55. The highest BCUT2D eigenvalue weighted by atomic mass is 32.2. The van der Waals surface area contributed by atoms with E-state index < -0.39 is 0 Å². The molecule has 2 heterocycles. The third-order valence-corrected chi connectivity index (χ3v) is 5.67. The smallest absolute Gasteiger partial charge is 0.226 e. The molecule has 0 saturated carbocycles. The first kappa shape index (κ1) is 14.0. The highest BCUT2D eigenvalue weighted by Crippen LogP contribution is 2.19. The van der Waals surface area contributed by atoms with Crippen LogP contribution in [0, 0.1) is 0 Å². The molecule has 2 aromatic rings. The SMILES string of the molecule is c1ccc(-c2nc(CNC3CSCCSC3)co2)cc1. The second-order valence-electron chi connectivity index (χ2n) is 4.74. The first-order valence-electron chi connectivity index (χ1n) is 6.80. The van der Waals surface area contributed by atoms with Crippen molar-refractivity contribution in [2.24, 2.45) is 0 Å². The summed E-state index contributed by atoms with van der Waals surface area (Å²) in [5.74, 6) is 5.62. The zero-order valence-electron chi connectivity index (χ0n) is 11.2. The molecule has 106 valence electrons. The van der Waals surface area contributed by atoms with Gasteiger partial charge in [-0.1, -0.05) is 18.2 Å². The van der Waals surface area contributed by atoms with Crippen LogP contribution in [0.5, 0.6) is 0 Å². The van der Waals surface area contributed by atoms with Crippen molar-refractivity contribution >= 4 is 23.5 Å². The van der Waals surface area contributed by atoms with Gasteiger partial charge in [0.25, 0.3) is 0 Å². The number of nitrogens with zero attached hydrogens (tertiary/aromatic N) is 1. The Morgan fingerprint density at radius 3 is 2.65 bits per heavy atom. The molecular weight excluding hydrogens is 288 g/mol. The van der Waals surface area contributed by atoms with E-state index in [1.165, 1.54) is 23.0 Å². The molecular formula is C15H18N2OS2. The number of rotatable bonds is 4. The van der Waals surface area contributed by atoms with Crippen LogP contribution >= 0.6 is 23.5 Å². The summed E-state index contributed by atoms with van der Waals surface area (Å²) in [5.41, 5.74) is 2.00. The topological polar surface area (TPSA) is 38.1 Å². The molecule has 0 aliphatic carbocycles. The third-order valence-electron chi connectivity index (χ3n) is 3.15. The zero-order chi connectivity index (χ0) is 13.6. The molecule has 3 nitrogen and oxygen atoms in total. The molecule has 0 atom stereocenters. The van der Waals surface area contributed by atoms with Crippen LogP contribution in [-0.2, 0) is 6.54 Å². The molecule has 0 unspecified atom stereocenters. The molecule has 1 aliphatic rings. The molecule has 1 aromatic heterocycles. The van der Waals surface area contributed by atoms with Crippen LogP contribution < -0.4 is 5.32 Å². The van der Waals surface area contributed by atoms with Crippen molar-refractivity contribution in [2.75, 3.05) is 23.0 Å². The molecule has 1 N–H and O–H groups in total. The average Bonchev–Trinajstić information content (AvgIpc) is 2.82. The molecule has 1 saturated heterocycles. The average molecular weight is 306 g/mol. The lowest BCUT2D eigenvalue weighted by Gasteiger charge is -2.13. The Hall–Kier alpha value is -0.910. The summed E-state index contributed by atoms with van der Waals surface area (Å²) in [6.07, 6.45) is 1.76. The van der Waals surface area contributed by atoms with Crippen LogP contribution in [0.25, 0.3) is 11.5 Å². The fourth-order valence-corrected chi connectivity index (χ4v) is 4.55. The van der Waals surface area contributed by atoms with E-state index >= 15 is 0 Å². The van der Waals surface area contributed by atoms with Crippen molar-refractivity contribution in [1.29, 1.82) is 0 Å². The number of benzene rings is 1. The maximum Gasteiger partial charge on any atom is 0.226 e. The minimum absolute atomic E-state index is 0.573. The molecule has 0 amide bonds. The van der Waals surface area contributed by atoms with Crippen LogP contribution in [0.3, 0.4) is 0 Å². The van der Waals surface area contributed by atoms with E-state index in [1.807, 2.05) is 53.9 Å². The normalized spacial score (nSPS) is 17.0. The molecule has 3 rings (SSSR count). The van der Waals surface area contributed by atoms with Crippen molar-refractivity contribution in [3.63, 3.8) is 0 Å². The van der Waals surface area contributed by atoms with Gasteiger partial charge in [-0.05, 0) is 12.1 Å². The Labute approximate surface area is 127 Å². The van der Waals surface area contributed by atoms with Gasteiger partial charge in [-0.15, -0.1) is 0 Å². The van der Waals surface area contributed by atoms with Crippen molar-refractivity contribution in [2.45, 2.75) is 12.6 Å². The molecule has 5 heteroatoms. The van der Waals surface area contributed by atoms with Crippen LogP contribution in [0.1, 0.15) is 5.69 Å². The Balaban J connectivity index is 1.57. The van der Waals surface area contributed by atoms with E-state index in [9.17, 15) is 0 Å². The summed E-state index contributed by atoms with van der Waals surface area (Å²) in [6, 6.07) is 10.6. The third kappa shape index (κ3) is 3.81. The number of thioether (sulfide) groups is 2. The Kier molecular flexibility index (Phi) is 5.06. The van der Waals surface area contributed by atoms with Crippen LogP contribution in [-0.4, -0.2) is 34.0 Å². The number of nitrogens with one attached hydrogen (secondary N) is 1. The van der Waals surface area contributed by atoms with Gasteiger partial charge in [0.2, 0.25) is 5.89 Å². The minimum atomic E-state index is 0.573. The fraction of sp³-hybridized carbons (Fsp3) is 0.400. The van der Waals surface area contributed by atoms with E-state index in [0.29, 0.717) is 11.9 Å². The minimum Gasteiger partial charge on any atom is -0.444 e. The summed E-state index contributed by atoms with van der Waals surface area (Å²) in [7, 11) is 0. The first-order valence-corrected chi connectivity index (χ1v) is 9.11. The molecule has 1 fully saturated rings. The Bertz CT molecular complexity index is 522. The zero-order valence-corrected chi connectivity index (χ0v) is 12.9. The van der Waals surface area contributed by atoms with Crippen molar-refractivity contribution < 1.29 is 4.42 Å². The fourth-order valence-electron chi connectivity index (χ4n) is 2.09. The van der Waals surface area contributed by atoms with Gasteiger partial charge in [0.1, 0.15) is 6.26 Å². The lowest BCUT2D eigenvalue weighted by Crippen LogP contribution is -2.32. The van der Waals surface area contributed by atoms with E-state index in [0.717, 1.165) is 17.8 Å². The second kappa shape index (κ2) is 7.20. The number of hydrogen-bond acceptors (Lipinski definition) is 5. The quantitative estimate of drug-likeness (QED) is 0.938. The number of oxazole rings is 1. The van der Waals surface area contributed by atoms with Crippen LogP contribution in [0.2, 0.25) is 0 Å². The molecule has 0 bridgehead atoms. The van der Waals surface area contributed by atoms with Crippen molar-refractivity contribution in [3.8, 4) is 11.5 Å². The lowest BCUT2D eigenvalue weighted by molar-refractivity contribution is 0.564. The molecule has 0 spiro atoms.